The van der Waals surface area contributed by atoms with Crippen molar-refractivity contribution in [1.29, 1.82) is 0 Å². The summed E-state index contributed by atoms with van der Waals surface area (Å²) in [4.78, 5) is 23.0. The van der Waals surface area contributed by atoms with Crippen LogP contribution in [-0.4, -0.2) is 52.4 Å². The van der Waals surface area contributed by atoms with Crippen LogP contribution in [-0.2, 0) is 26.0 Å². The summed E-state index contributed by atoms with van der Waals surface area (Å²) in [5.41, 5.74) is 1.63. The van der Waals surface area contributed by atoms with Crippen LogP contribution in [0.5, 0.6) is 0 Å². The molecule has 3 aromatic rings. The van der Waals surface area contributed by atoms with E-state index < -0.39 is 27.6 Å². The second-order valence-corrected chi connectivity index (χ2v) is 8.45. The van der Waals surface area contributed by atoms with Gasteiger partial charge in [-0.25, -0.2) is 27.1 Å². The zero-order valence-electron chi connectivity index (χ0n) is 17.6. The number of carboxylic acid groups (broad SMARTS) is 2. The highest BCUT2D eigenvalue weighted by atomic mass is 32.2. The SMILES string of the molecule is CNCc1cc(S(=O)(=O)c2cccnc2)n(-c2cc(F)ccc2C)n1.O=C(O)C=CC(=O)O. The Labute approximate surface area is 188 Å². The molecule has 0 radical (unpaired) electrons. The monoisotopic (exact) mass is 476 g/mol. The maximum atomic E-state index is 13.7. The molecule has 3 N–H and O–H groups in total. The number of aryl methyl sites for hydroxylation is 1. The van der Waals surface area contributed by atoms with Gasteiger partial charge in [0.2, 0.25) is 9.84 Å². The first-order chi connectivity index (χ1) is 15.6. The molecule has 0 spiro atoms. The Balaban J connectivity index is 0.000000414. The van der Waals surface area contributed by atoms with Crippen molar-refractivity contribution in [2.45, 2.75) is 23.4 Å². The van der Waals surface area contributed by atoms with Gasteiger partial charge in [0.25, 0.3) is 0 Å². The van der Waals surface area contributed by atoms with Crippen LogP contribution in [0, 0.1) is 12.7 Å². The molecule has 3 rings (SSSR count). The summed E-state index contributed by atoms with van der Waals surface area (Å²) in [6.07, 6.45) is 3.90. The third kappa shape index (κ3) is 6.79. The van der Waals surface area contributed by atoms with E-state index >= 15 is 0 Å². The van der Waals surface area contributed by atoms with Crippen molar-refractivity contribution in [2.75, 3.05) is 7.05 Å². The molecule has 0 aliphatic rings. The molecule has 0 amide bonds. The lowest BCUT2D eigenvalue weighted by Crippen LogP contribution is -2.11. The van der Waals surface area contributed by atoms with Crippen LogP contribution in [0.4, 0.5) is 4.39 Å². The average Bonchev–Trinajstić information content (AvgIpc) is 3.20. The van der Waals surface area contributed by atoms with Crippen molar-refractivity contribution < 1.29 is 32.6 Å². The van der Waals surface area contributed by atoms with Gasteiger partial charge in [-0.1, -0.05) is 6.07 Å². The van der Waals surface area contributed by atoms with Crippen molar-refractivity contribution in [3.63, 3.8) is 0 Å². The summed E-state index contributed by atoms with van der Waals surface area (Å²) in [5.74, 6) is -2.98. The fourth-order valence-electron chi connectivity index (χ4n) is 2.62. The molecule has 33 heavy (non-hydrogen) atoms. The van der Waals surface area contributed by atoms with Gasteiger partial charge in [-0.05, 0) is 43.8 Å². The van der Waals surface area contributed by atoms with Crippen LogP contribution < -0.4 is 5.32 Å². The molecule has 0 bridgehead atoms. The Kier molecular flexibility index (Phi) is 8.54. The minimum Gasteiger partial charge on any atom is -0.478 e. The number of halogens is 1. The number of hydrogen-bond donors (Lipinski definition) is 3. The van der Waals surface area contributed by atoms with E-state index in [2.05, 4.69) is 15.4 Å². The first-order valence-electron chi connectivity index (χ1n) is 9.35. The number of hydrogen-bond acceptors (Lipinski definition) is 7. The quantitative estimate of drug-likeness (QED) is 0.435. The van der Waals surface area contributed by atoms with Crippen molar-refractivity contribution in [3.8, 4) is 5.69 Å². The summed E-state index contributed by atoms with van der Waals surface area (Å²) >= 11 is 0. The molecule has 2 aromatic heterocycles. The van der Waals surface area contributed by atoms with E-state index in [1.54, 1.807) is 26.1 Å². The Bertz CT molecular complexity index is 1260. The van der Waals surface area contributed by atoms with Gasteiger partial charge in [0.15, 0.2) is 5.03 Å². The van der Waals surface area contributed by atoms with Gasteiger partial charge in [0.1, 0.15) is 5.82 Å². The molecule has 0 saturated heterocycles. The zero-order valence-corrected chi connectivity index (χ0v) is 18.5. The fraction of sp³-hybridized carbons (Fsp3) is 0.143. The number of aliphatic carboxylic acids is 2. The first kappa shape index (κ1) is 25.4. The van der Waals surface area contributed by atoms with E-state index in [9.17, 15) is 22.4 Å². The molecular weight excluding hydrogens is 455 g/mol. The Morgan fingerprint density at radius 2 is 1.82 bits per heavy atom. The normalized spacial score (nSPS) is 11.1. The second-order valence-electron chi connectivity index (χ2n) is 6.55. The first-order valence-corrected chi connectivity index (χ1v) is 10.8. The van der Waals surface area contributed by atoms with Crippen molar-refractivity contribution in [1.82, 2.24) is 20.1 Å². The van der Waals surface area contributed by atoms with Crippen LogP contribution in [0.15, 0.2) is 70.9 Å². The standard InChI is InChI=1S/C17H17FN4O2S.C4H4O4/c1-12-5-6-13(18)8-16(12)22-17(9-14(21-22)10-19-2)25(23,24)15-4-3-7-20-11-15;5-3(6)1-2-4(7)8/h3-9,11,19H,10H2,1-2H3;1-2H,(H,5,6)(H,7,8). The molecule has 0 atom stereocenters. The van der Waals surface area contributed by atoms with E-state index in [0.717, 1.165) is 0 Å². The van der Waals surface area contributed by atoms with E-state index in [-0.39, 0.29) is 9.92 Å². The number of carbonyl (C=O) groups is 2. The average molecular weight is 476 g/mol. The second kappa shape index (κ2) is 11.1. The molecule has 10 nitrogen and oxygen atoms in total. The van der Waals surface area contributed by atoms with Crippen molar-refractivity contribution in [2.24, 2.45) is 0 Å². The molecule has 0 unspecified atom stereocenters. The maximum Gasteiger partial charge on any atom is 0.328 e. The number of pyridine rings is 1. The molecular formula is C21H21FN4O6S. The summed E-state index contributed by atoms with van der Waals surface area (Å²) in [5, 5.41) is 22.9. The number of nitrogens with one attached hydrogen (secondary N) is 1. The summed E-state index contributed by atoms with van der Waals surface area (Å²) in [6, 6.07) is 8.69. The lowest BCUT2D eigenvalue weighted by Gasteiger charge is -2.11. The predicted molar refractivity (Wildman–Crippen MR) is 115 cm³/mol. The van der Waals surface area contributed by atoms with Crippen molar-refractivity contribution >= 4 is 21.8 Å². The summed E-state index contributed by atoms with van der Waals surface area (Å²) < 4.78 is 41.1. The van der Waals surface area contributed by atoms with Gasteiger partial charge >= 0.3 is 11.9 Å². The lowest BCUT2D eigenvalue weighted by atomic mass is 10.2. The highest BCUT2D eigenvalue weighted by Crippen LogP contribution is 2.26. The van der Waals surface area contributed by atoms with Crippen LogP contribution in [0.3, 0.4) is 0 Å². The van der Waals surface area contributed by atoms with E-state index in [0.29, 0.717) is 35.6 Å². The van der Waals surface area contributed by atoms with Crippen LogP contribution >= 0.6 is 0 Å². The molecule has 12 heteroatoms. The van der Waals surface area contributed by atoms with Gasteiger partial charge in [0, 0.05) is 37.2 Å². The largest absolute Gasteiger partial charge is 0.478 e. The van der Waals surface area contributed by atoms with Gasteiger partial charge in [-0.15, -0.1) is 0 Å². The predicted octanol–water partition coefficient (Wildman–Crippen LogP) is 1.98. The van der Waals surface area contributed by atoms with Crippen LogP contribution in [0.1, 0.15) is 11.3 Å². The minimum absolute atomic E-state index is 0.0283. The van der Waals surface area contributed by atoms with E-state index in [1.165, 1.54) is 41.3 Å². The fourth-order valence-corrected chi connectivity index (χ4v) is 3.98. The van der Waals surface area contributed by atoms with E-state index in [4.69, 9.17) is 10.2 Å². The number of sulfone groups is 1. The zero-order chi connectivity index (χ0) is 24.6. The summed E-state index contributed by atoms with van der Waals surface area (Å²) in [6.45, 7) is 2.16. The third-order valence-corrected chi connectivity index (χ3v) is 5.78. The number of rotatable bonds is 7. The number of aromatic nitrogens is 3. The number of carboxylic acids is 2. The molecule has 0 fully saturated rings. The number of nitrogens with zero attached hydrogens (tertiary/aromatic N) is 3. The summed E-state index contributed by atoms with van der Waals surface area (Å²) in [7, 11) is -2.12. The highest BCUT2D eigenvalue weighted by molar-refractivity contribution is 7.91. The van der Waals surface area contributed by atoms with Crippen LogP contribution in [0.2, 0.25) is 0 Å². The topological polar surface area (TPSA) is 151 Å². The van der Waals surface area contributed by atoms with Crippen molar-refractivity contribution in [3.05, 3.63) is 78.0 Å². The van der Waals surface area contributed by atoms with Gasteiger partial charge < -0.3 is 15.5 Å². The van der Waals surface area contributed by atoms with Gasteiger partial charge in [0.05, 0.1) is 16.3 Å². The van der Waals surface area contributed by atoms with Gasteiger partial charge in [-0.2, -0.15) is 5.10 Å². The smallest absolute Gasteiger partial charge is 0.328 e. The minimum atomic E-state index is -3.86. The molecule has 174 valence electrons. The van der Waals surface area contributed by atoms with Crippen LogP contribution in [0.25, 0.3) is 5.69 Å². The molecule has 2 heterocycles. The third-order valence-electron chi connectivity index (χ3n) is 4.07. The highest BCUT2D eigenvalue weighted by Gasteiger charge is 2.25. The Morgan fingerprint density at radius 3 is 2.36 bits per heavy atom. The van der Waals surface area contributed by atoms with E-state index in [1.807, 2.05) is 0 Å². The van der Waals surface area contributed by atoms with Gasteiger partial charge in [-0.3, -0.25) is 4.98 Å². The molecule has 1 aromatic carbocycles. The Morgan fingerprint density at radius 1 is 1.15 bits per heavy atom. The maximum absolute atomic E-state index is 13.7. The molecule has 0 aliphatic heterocycles. The number of benzene rings is 1. The molecule has 0 saturated carbocycles. The Hall–Kier alpha value is -3.90. The molecule has 0 aliphatic carbocycles. The lowest BCUT2D eigenvalue weighted by molar-refractivity contribution is -0.134.